The molecule has 2 rings (SSSR count). The van der Waals surface area contributed by atoms with Crippen molar-refractivity contribution in [2.45, 2.75) is 26.7 Å². The van der Waals surface area contributed by atoms with Crippen LogP contribution in [0, 0.1) is 5.92 Å². The van der Waals surface area contributed by atoms with Crippen LogP contribution >= 0.6 is 11.3 Å². The Bertz CT molecular complexity index is 610. The number of anilines is 1. The van der Waals surface area contributed by atoms with Crippen molar-refractivity contribution in [2.24, 2.45) is 5.92 Å². The van der Waals surface area contributed by atoms with E-state index in [1.165, 1.54) is 11.3 Å². The van der Waals surface area contributed by atoms with E-state index in [2.05, 4.69) is 15.5 Å². The third-order valence-electron chi connectivity index (χ3n) is 2.84. The minimum atomic E-state index is -0.0232. The quantitative estimate of drug-likeness (QED) is 0.890. The number of hydrogen-bond acceptors (Lipinski definition) is 5. The molecule has 0 bridgehead atoms. The molecule has 1 aromatic carbocycles. The first-order chi connectivity index (χ1) is 10.1. The maximum atomic E-state index is 11.7. The highest BCUT2D eigenvalue weighted by Crippen LogP contribution is 2.24. The SMILES string of the molecule is COc1ccccc1Cc1nnc(NC(=O)CC(C)C)s1. The van der Waals surface area contributed by atoms with E-state index >= 15 is 0 Å². The lowest BCUT2D eigenvalue weighted by molar-refractivity contribution is -0.116. The van der Waals surface area contributed by atoms with Crippen molar-refractivity contribution < 1.29 is 9.53 Å². The van der Waals surface area contributed by atoms with Gasteiger partial charge in [-0.3, -0.25) is 4.79 Å². The molecule has 0 spiro atoms. The molecular weight excluding hydrogens is 286 g/mol. The predicted molar refractivity (Wildman–Crippen MR) is 83.8 cm³/mol. The van der Waals surface area contributed by atoms with Gasteiger partial charge in [-0.15, -0.1) is 10.2 Å². The van der Waals surface area contributed by atoms with E-state index in [1.807, 2.05) is 38.1 Å². The van der Waals surface area contributed by atoms with E-state index in [1.54, 1.807) is 7.11 Å². The molecule has 6 heteroatoms. The van der Waals surface area contributed by atoms with E-state index in [0.717, 1.165) is 16.3 Å². The number of nitrogens with zero attached hydrogens (tertiary/aromatic N) is 2. The summed E-state index contributed by atoms with van der Waals surface area (Å²) < 4.78 is 5.32. The monoisotopic (exact) mass is 305 g/mol. The van der Waals surface area contributed by atoms with Gasteiger partial charge >= 0.3 is 0 Å². The van der Waals surface area contributed by atoms with Crippen molar-refractivity contribution in [3.8, 4) is 5.75 Å². The lowest BCUT2D eigenvalue weighted by Gasteiger charge is -2.05. The van der Waals surface area contributed by atoms with Crippen molar-refractivity contribution in [1.29, 1.82) is 0 Å². The van der Waals surface area contributed by atoms with Crippen LogP contribution in [0.4, 0.5) is 5.13 Å². The summed E-state index contributed by atoms with van der Waals surface area (Å²) in [5.41, 5.74) is 1.05. The average molecular weight is 305 g/mol. The molecule has 1 aromatic heterocycles. The normalized spacial score (nSPS) is 10.7. The Balaban J connectivity index is 2.01. The molecule has 0 saturated carbocycles. The van der Waals surface area contributed by atoms with Crippen molar-refractivity contribution in [3.05, 3.63) is 34.8 Å². The van der Waals surface area contributed by atoms with E-state index in [9.17, 15) is 4.79 Å². The molecule has 1 N–H and O–H groups in total. The number of hydrogen-bond donors (Lipinski definition) is 1. The van der Waals surface area contributed by atoms with Gasteiger partial charge in [-0.2, -0.15) is 0 Å². The second-order valence-electron chi connectivity index (χ2n) is 5.14. The Hall–Kier alpha value is -1.95. The second-order valence-corrected chi connectivity index (χ2v) is 6.20. The summed E-state index contributed by atoms with van der Waals surface area (Å²) in [5.74, 6) is 1.13. The zero-order valence-electron chi connectivity index (χ0n) is 12.4. The summed E-state index contributed by atoms with van der Waals surface area (Å²) in [6.45, 7) is 4.01. The predicted octanol–water partition coefficient (Wildman–Crippen LogP) is 3.12. The van der Waals surface area contributed by atoms with E-state index in [-0.39, 0.29) is 5.91 Å². The van der Waals surface area contributed by atoms with Crippen LogP contribution in [0.5, 0.6) is 5.75 Å². The summed E-state index contributed by atoms with van der Waals surface area (Å²) in [6, 6.07) is 7.81. The molecule has 0 unspecified atom stereocenters. The fraction of sp³-hybridized carbons (Fsp3) is 0.400. The number of methoxy groups -OCH3 is 1. The summed E-state index contributed by atoms with van der Waals surface area (Å²) in [6.07, 6.45) is 1.13. The lowest BCUT2D eigenvalue weighted by Crippen LogP contribution is -2.13. The molecule has 0 radical (unpaired) electrons. The van der Waals surface area contributed by atoms with E-state index in [4.69, 9.17) is 4.74 Å². The number of carbonyl (C=O) groups excluding carboxylic acids is 1. The Kier molecular flexibility index (Phi) is 5.27. The highest BCUT2D eigenvalue weighted by molar-refractivity contribution is 7.15. The van der Waals surface area contributed by atoms with Crippen molar-refractivity contribution in [2.75, 3.05) is 12.4 Å². The first kappa shape index (κ1) is 15.4. The van der Waals surface area contributed by atoms with Crippen LogP contribution in [0.15, 0.2) is 24.3 Å². The molecule has 1 heterocycles. The van der Waals surface area contributed by atoms with Crippen LogP contribution in [0.1, 0.15) is 30.8 Å². The van der Waals surface area contributed by atoms with Crippen LogP contribution in [0.25, 0.3) is 0 Å². The molecule has 1 amide bonds. The molecule has 0 atom stereocenters. The van der Waals surface area contributed by atoms with Gasteiger partial charge < -0.3 is 10.1 Å². The maximum Gasteiger partial charge on any atom is 0.226 e. The highest BCUT2D eigenvalue weighted by Gasteiger charge is 2.11. The topological polar surface area (TPSA) is 64.1 Å². The molecule has 2 aromatic rings. The number of rotatable bonds is 6. The van der Waals surface area contributed by atoms with Gasteiger partial charge in [0.15, 0.2) is 0 Å². The Morgan fingerprint density at radius 2 is 2.10 bits per heavy atom. The molecule has 21 heavy (non-hydrogen) atoms. The third kappa shape index (κ3) is 4.53. The smallest absolute Gasteiger partial charge is 0.226 e. The zero-order valence-corrected chi connectivity index (χ0v) is 13.2. The minimum Gasteiger partial charge on any atom is -0.496 e. The summed E-state index contributed by atoms with van der Waals surface area (Å²) in [7, 11) is 1.65. The largest absolute Gasteiger partial charge is 0.496 e. The molecule has 0 aliphatic rings. The van der Waals surface area contributed by atoms with Gasteiger partial charge in [0.05, 0.1) is 7.11 Å². The summed E-state index contributed by atoms with van der Waals surface area (Å²) in [4.78, 5) is 11.7. The van der Waals surface area contributed by atoms with Crippen molar-refractivity contribution in [3.63, 3.8) is 0 Å². The Labute approximate surface area is 128 Å². The second kappa shape index (κ2) is 7.17. The average Bonchev–Trinajstić information content (AvgIpc) is 2.85. The molecule has 0 saturated heterocycles. The maximum absolute atomic E-state index is 11.7. The van der Waals surface area contributed by atoms with Gasteiger partial charge in [0.25, 0.3) is 0 Å². The van der Waals surface area contributed by atoms with Crippen LogP contribution in [0.2, 0.25) is 0 Å². The third-order valence-corrected chi connectivity index (χ3v) is 3.68. The van der Waals surface area contributed by atoms with E-state index in [0.29, 0.717) is 23.9 Å². The van der Waals surface area contributed by atoms with Gasteiger partial charge in [0.2, 0.25) is 11.0 Å². The molecule has 0 fully saturated rings. The van der Waals surface area contributed by atoms with Gasteiger partial charge in [-0.05, 0) is 12.0 Å². The van der Waals surface area contributed by atoms with Gasteiger partial charge in [0, 0.05) is 18.4 Å². The first-order valence-electron chi connectivity index (χ1n) is 6.82. The van der Waals surface area contributed by atoms with Gasteiger partial charge in [-0.1, -0.05) is 43.4 Å². The minimum absolute atomic E-state index is 0.0232. The van der Waals surface area contributed by atoms with Crippen LogP contribution in [-0.2, 0) is 11.2 Å². The number of amides is 1. The standard InChI is InChI=1S/C15H19N3O2S/c1-10(2)8-13(19)16-15-18-17-14(21-15)9-11-6-4-5-7-12(11)20-3/h4-7,10H,8-9H2,1-3H3,(H,16,18,19). The number of ether oxygens (including phenoxy) is 1. The van der Waals surface area contributed by atoms with Crippen LogP contribution in [-0.4, -0.2) is 23.2 Å². The van der Waals surface area contributed by atoms with Crippen molar-refractivity contribution in [1.82, 2.24) is 10.2 Å². The highest BCUT2D eigenvalue weighted by atomic mass is 32.1. The van der Waals surface area contributed by atoms with Crippen LogP contribution in [0.3, 0.4) is 0 Å². The van der Waals surface area contributed by atoms with Gasteiger partial charge in [0.1, 0.15) is 10.8 Å². The number of carbonyl (C=O) groups is 1. The Morgan fingerprint density at radius 3 is 2.81 bits per heavy atom. The number of nitrogens with one attached hydrogen (secondary N) is 1. The molecular formula is C15H19N3O2S. The lowest BCUT2D eigenvalue weighted by atomic mass is 10.1. The molecule has 112 valence electrons. The van der Waals surface area contributed by atoms with Gasteiger partial charge in [-0.25, -0.2) is 0 Å². The number of aromatic nitrogens is 2. The zero-order chi connectivity index (χ0) is 15.2. The van der Waals surface area contributed by atoms with Crippen LogP contribution < -0.4 is 10.1 Å². The number of para-hydroxylation sites is 1. The molecule has 5 nitrogen and oxygen atoms in total. The first-order valence-corrected chi connectivity index (χ1v) is 7.64. The van der Waals surface area contributed by atoms with E-state index < -0.39 is 0 Å². The number of benzene rings is 1. The Morgan fingerprint density at radius 1 is 1.33 bits per heavy atom. The fourth-order valence-corrected chi connectivity index (χ4v) is 2.71. The fourth-order valence-electron chi connectivity index (χ4n) is 1.93. The molecule has 0 aliphatic heterocycles. The summed E-state index contributed by atoms with van der Waals surface area (Å²) in [5, 5.41) is 12.3. The summed E-state index contributed by atoms with van der Waals surface area (Å²) >= 11 is 1.39. The molecule has 0 aliphatic carbocycles. The van der Waals surface area contributed by atoms with Crippen molar-refractivity contribution >= 4 is 22.4 Å².